The van der Waals surface area contributed by atoms with Crippen LogP contribution in [0.2, 0.25) is 0 Å². The summed E-state index contributed by atoms with van der Waals surface area (Å²) in [5.41, 5.74) is 35.1. The van der Waals surface area contributed by atoms with Gasteiger partial charge >= 0.3 is 0 Å². The van der Waals surface area contributed by atoms with Crippen molar-refractivity contribution in [3.8, 4) is 22.3 Å². The number of hydrogen-bond acceptors (Lipinski definition) is 0. The van der Waals surface area contributed by atoms with Crippen LogP contribution in [0, 0.1) is 83.1 Å². The van der Waals surface area contributed by atoms with Crippen LogP contribution in [0.15, 0.2) is 133 Å². The van der Waals surface area contributed by atoms with Crippen molar-refractivity contribution >= 4 is 46.2 Å². The van der Waals surface area contributed by atoms with Gasteiger partial charge in [0.2, 0.25) is 13.4 Å². The molecule has 8 aromatic carbocycles. The van der Waals surface area contributed by atoms with Crippen molar-refractivity contribution in [2.24, 2.45) is 0 Å². The quantitative estimate of drug-likeness (QED) is 0.147. The number of hydrogen-bond donors (Lipinski definition) is 0. The highest BCUT2D eigenvalue weighted by Crippen LogP contribution is 2.62. The van der Waals surface area contributed by atoms with Gasteiger partial charge in [0.15, 0.2) is 0 Å². The Bertz CT molecular complexity index is 2790. The standard InChI is InChI=1S/C61H58B2/c1-35-27-39(5)57(40(6)28-35)62(58-41(7)29-36(2)30-42(58)8)53-25-17-23-51-55(53)47-19-13-15-21-49(47)61(51)50-22-16-14-20-48(50)56-52(61)24-18-26-54(56)63(59-43(9)31-37(3)32-44(59)10)60-45(11)33-38(4)34-46(60)12/h13-34H,1-12H3. The smallest absolute Gasteiger partial charge is 0.0663 e. The summed E-state index contributed by atoms with van der Waals surface area (Å²) in [4.78, 5) is 0. The van der Waals surface area contributed by atoms with Gasteiger partial charge in [-0.05, 0) is 128 Å². The van der Waals surface area contributed by atoms with Crippen LogP contribution in [-0.4, -0.2) is 13.4 Å². The van der Waals surface area contributed by atoms with Crippen LogP contribution in [-0.2, 0) is 5.41 Å². The molecule has 0 aromatic heterocycles. The van der Waals surface area contributed by atoms with Gasteiger partial charge in [-0.3, -0.25) is 0 Å². The van der Waals surface area contributed by atoms with E-state index < -0.39 is 5.41 Å². The topological polar surface area (TPSA) is 0 Å². The minimum absolute atomic E-state index is 0.0520. The monoisotopic (exact) mass is 812 g/mol. The lowest BCUT2D eigenvalue weighted by Crippen LogP contribution is -2.56. The molecule has 0 N–H and O–H groups in total. The summed E-state index contributed by atoms with van der Waals surface area (Å²) in [7, 11) is 0. The van der Waals surface area contributed by atoms with Gasteiger partial charge < -0.3 is 0 Å². The molecule has 10 rings (SSSR count). The van der Waals surface area contributed by atoms with E-state index in [4.69, 9.17) is 0 Å². The van der Waals surface area contributed by atoms with Gasteiger partial charge in [0.25, 0.3) is 0 Å². The maximum atomic E-state index is 2.47. The Morgan fingerprint density at radius 2 is 0.540 bits per heavy atom. The fraction of sp³-hybridized carbons (Fsp3) is 0.213. The van der Waals surface area contributed by atoms with Crippen molar-refractivity contribution in [1.29, 1.82) is 0 Å². The molecule has 0 fully saturated rings. The molecule has 0 nitrogen and oxygen atoms in total. The molecule has 0 bridgehead atoms. The van der Waals surface area contributed by atoms with E-state index in [0.717, 1.165) is 0 Å². The van der Waals surface area contributed by atoms with E-state index in [-0.39, 0.29) is 13.4 Å². The molecular formula is C61H58B2. The highest BCUT2D eigenvalue weighted by Gasteiger charge is 2.53. The summed E-state index contributed by atoms with van der Waals surface area (Å²) < 4.78 is 0. The first-order chi connectivity index (χ1) is 30.2. The average molecular weight is 813 g/mol. The minimum Gasteiger partial charge on any atom is -0.0663 e. The fourth-order valence-electron chi connectivity index (χ4n) is 13.3. The molecule has 1 spiro atoms. The lowest BCUT2D eigenvalue weighted by atomic mass is 9.33. The molecular weight excluding hydrogens is 754 g/mol. The van der Waals surface area contributed by atoms with Crippen LogP contribution in [0.25, 0.3) is 22.3 Å². The summed E-state index contributed by atoms with van der Waals surface area (Å²) in [6, 6.07) is 52.5. The lowest BCUT2D eigenvalue weighted by Gasteiger charge is -2.32. The first kappa shape index (κ1) is 40.9. The van der Waals surface area contributed by atoms with Crippen molar-refractivity contribution in [2.45, 2.75) is 88.5 Å². The molecule has 0 radical (unpaired) electrons. The minimum atomic E-state index is -0.498. The van der Waals surface area contributed by atoms with E-state index in [1.165, 1.54) is 144 Å². The van der Waals surface area contributed by atoms with Crippen LogP contribution in [0.3, 0.4) is 0 Å². The molecule has 63 heavy (non-hydrogen) atoms. The molecule has 0 saturated carbocycles. The molecule has 0 aliphatic heterocycles. The Kier molecular flexibility index (Phi) is 9.76. The summed E-state index contributed by atoms with van der Waals surface area (Å²) in [5.74, 6) is 0. The molecule has 0 unspecified atom stereocenters. The lowest BCUT2D eigenvalue weighted by molar-refractivity contribution is 0.794. The first-order valence-electron chi connectivity index (χ1n) is 23.0. The molecule has 2 heteroatoms. The maximum Gasteiger partial charge on any atom is 0.243 e. The Morgan fingerprint density at radius 3 is 0.825 bits per heavy atom. The van der Waals surface area contributed by atoms with Gasteiger partial charge in [-0.25, -0.2) is 0 Å². The van der Waals surface area contributed by atoms with Gasteiger partial charge in [-0.2, -0.15) is 0 Å². The molecule has 2 aliphatic rings. The predicted molar refractivity (Wildman–Crippen MR) is 275 cm³/mol. The second-order valence-corrected chi connectivity index (χ2v) is 19.5. The van der Waals surface area contributed by atoms with Crippen LogP contribution < -0.4 is 32.8 Å². The number of benzene rings is 8. The second kappa shape index (κ2) is 15.0. The number of fused-ring (bicyclic) bond motifs is 10. The van der Waals surface area contributed by atoms with Crippen molar-refractivity contribution in [3.63, 3.8) is 0 Å². The molecule has 308 valence electrons. The predicted octanol–water partition coefficient (Wildman–Crippen LogP) is 10.8. The molecule has 8 aromatic rings. The Hall–Kier alpha value is -6.11. The SMILES string of the molecule is Cc1cc(C)c(B(c2cccc3c2-c2ccccc2C32c3ccccc3-c3c(B(c4c(C)cc(C)cc4C)c4c(C)cc(C)cc4C)cccc32)c2c(C)cc(C)cc2C)c(C)c1. The van der Waals surface area contributed by atoms with E-state index in [1.54, 1.807) is 0 Å². The largest absolute Gasteiger partial charge is 0.243 e. The summed E-state index contributed by atoms with van der Waals surface area (Å²) >= 11 is 0. The molecule has 0 heterocycles. The molecule has 0 atom stereocenters. The zero-order chi connectivity index (χ0) is 44.2. The first-order valence-corrected chi connectivity index (χ1v) is 23.0. The Morgan fingerprint density at radius 1 is 0.286 bits per heavy atom. The average Bonchev–Trinajstić information content (AvgIpc) is 3.69. The highest BCUT2D eigenvalue weighted by atomic mass is 14.5. The number of rotatable bonds is 6. The van der Waals surface area contributed by atoms with E-state index in [0.29, 0.717) is 0 Å². The molecule has 0 amide bonds. The van der Waals surface area contributed by atoms with E-state index in [2.05, 4.69) is 217 Å². The maximum absolute atomic E-state index is 2.47. The summed E-state index contributed by atoms with van der Waals surface area (Å²) in [6.45, 7) is 27.7. The van der Waals surface area contributed by atoms with E-state index in [1.807, 2.05) is 0 Å². The van der Waals surface area contributed by atoms with Crippen molar-refractivity contribution in [3.05, 3.63) is 222 Å². The summed E-state index contributed by atoms with van der Waals surface area (Å²) in [5, 5.41) is 0. The van der Waals surface area contributed by atoms with Crippen LogP contribution in [0.1, 0.15) is 89.0 Å². The highest BCUT2D eigenvalue weighted by molar-refractivity contribution is 6.98. The third kappa shape index (κ3) is 6.04. The fourth-order valence-corrected chi connectivity index (χ4v) is 13.3. The van der Waals surface area contributed by atoms with Crippen molar-refractivity contribution < 1.29 is 0 Å². The van der Waals surface area contributed by atoms with Gasteiger partial charge in [-0.1, -0.05) is 233 Å². The van der Waals surface area contributed by atoms with Crippen LogP contribution in [0.5, 0.6) is 0 Å². The van der Waals surface area contributed by atoms with Crippen LogP contribution >= 0.6 is 0 Å². The second-order valence-electron chi connectivity index (χ2n) is 19.5. The van der Waals surface area contributed by atoms with Crippen LogP contribution in [0.4, 0.5) is 0 Å². The zero-order valence-electron chi connectivity index (χ0n) is 39.4. The number of aryl methyl sites for hydroxylation is 12. The third-order valence-electron chi connectivity index (χ3n) is 14.9. The van der Waals surface area contributed by atoms with Gasteiger partial charge in [-0.15, -0.1) is 0 Å². The Labute approximate surface area is 377 Å². The Balaban J connectivity index is 1.33. The van der Waals surface area contributed by atoms with Gasteiger partial charge in [0, 0.05) is 0 Å². The summed E-state index contributed by atoms with van der Waals surface area (Å²) in [6.07, 6.45) is 0. The van der Waals surface area contributed by atoms with Crippen molar-refractivity contribution in [1.82, 2.24) is 0 Å². The zero-order valence-corrected chi connectivity index (χ0v) is 39.4. The van der Waals surface area contributed by atoms with E-state index in [9.17, 15) is 0 Å². The third-order valence-corrected chi connectivity index (χ3v) is 14.9. The van der Waals surface area contributed by atoms with Crippen molar-refractivity contribution in [2.75, 3.05) is 0 Å². The molecule has 2 aliphatic carbocycles. The van der Waals surface area contributed by atoms with Gasteiger partial charge in [0.1, 0.15) is 0 Å². The molecule has 0 saturated heterocycles. The normalized spacial score (nSPS) is 12.9. The van der Waals surface area contributed by atoms with Gasteiger partial charge in [0.05, 0.1) is 5.41 Å². The van der Waals surface area contributed by atoms with E-state index >= 15 is 0 Å².